The van der Waals surface area contributed by atoms with Crippen LogP contribution in [0.3, 0.4) is 0 Å². The van der Waals surface area contributed by atoms with E-state index in [0.29, 0.717) is 6.42 Å². The molecule has 1 aliphatic rings. The molecule has 0 spiro atoms. The molecule has 0 saturated carbocycles. The first-order valence-corrected chi connectivity index (χ1v) is 10.3. The Morgan fingerprint density at radius 2 is 2.19 bits per heavy atom. The van der Waals surface area contributed by atoms with Gasteiger partial charge in [0.05, 0.1) is 6.42 Å². The molecule has 2 aromatic heterocycles. The van der Waals surface area contributed by atoms with E-state index < -0.39 is 0 Å². The molecule has 0 bridgehead atoms. The Bertz CT molecular complexity index is 923. The van der Waals surface area contributed by atoms with E-state index in [2.05, 4.69) is 24.0 Å². The smallest absolute Gasteiger partial charge is 0.227 e. The fourth-order valence-electron chi connectivity index (χ4n) is 3.64. The molecule has 138 valence electrons. The van der Waals surface area contributed by atoms with Crippen LogP contribution in [0.2, 0.25) is 0 Å². The van der Waals surface area contributed by atoms with Crippen LogP contribution in [0, 0.1) is 6.92 Å². The van der Waals surface area contributed by atoms with E-state index in [9.17, 15) is 4.79 Å². The predicted molar refractivity (Wildman–Crippen MR) is 109 cm³/mol. The first-order valence-electron chi connectivity index (χ1n) is 9.39. The minimum atomic E-state index is 0.218. The van der Waals surface area contributed by atoms with Gasteiger partial charge < -0.3 is 4.90 Å². The normalized spacial score (nSPS) is 17.1. The minimum Gasteiger partial charge on any atom is -0.342 e. The number of aromatic nitrogens is 2. The fourth-order valence-corrected chi connectivity index (χ4v) is 4.34. The molecule has 1 aromatic carbocycles. The molecule has 0 unspecified atom stereocenters. The molecule has 0 N–H and O–H groups in total. The van der Waals surface area contributed by atoms with Gasteiger partial charge in [-0.15, -0.1) is 11.3 Å². The number of benzene rings is 1. The Morgan fingerprint density at radius 3 is 3.00 bits per heavy atom. The molecule has 1 atom stereocenters. The van der Waals surface area contributed by atoms with Gasteiger partial charge in [-0.05, 0) is 43.3 Å². The van der Waals surface area contributed by atoms with Crippen LogP contribution in [0.4, 0.5) is 0 Å². The van der Waals surface area contributed by atoms with Crippen molar-refractivity contribution in [3.63, 3.8) is 0 Å². The summed E-state index contributed by atoms with van der Waals surface area (Å²) in [7, 11) is 0. The number of aryl methyl sites for hydroxylation is 1. The van der Waals surface area contributed by atoms with Gasteiger partial charge in [-0.25, -0.2) is 9.97 Å². The maximum atomic E-state index is 12.7. The number of carbonyl (C=O) groups is 1. The highest BCUT2D eigenvalue weighted by molar-refractivity contribution is 7.10. The lowest BCUT2D eigenvalue weighted by Gasteiger charge is -2.32. The number of thiophene rings is 1. The van der Waals surface area contributed by atoms with E-state index in [1.165, 1.54) is 5.56 Å². The number of hydrogen-bond donors (Lipinski definition) is 0. The Balaban J connectivity index is 1.49. The fraction of sp³-hybridized carbons (Fsp3) is 0.318. The standard InChI is InChI=1S/C22H23N3OS/c1-16-5-2-6-17(13-16)22-23-10-9-20(24-22)18-7-3-11-25(15-18)21(26)14-19-8-4-12-27-19/h2,4-6,8-10,12-13,18H,3,7,11,14-15H2,1H3/t18-/m0/s1. The van der Waals surface area contributed by atoms with E-state index in [1.54, 1.807) is 11.3 Å². The van der Waals surface area contributed by atoms with Gasteiger partial charge in [0.1, 0.15) is 0 Å². The van der Waals surface area contributed by atoms with Crippen LogP contribution in [0.25, 0.3) is 11.4 Å². The lowest BCUT2D eigenvalue weighted by atomic mass is 9.94. The summed E-state index contributed by atoms with van der Waals surface area (Å²) < 4.78 is 0. The summed E-state index contributed by atoms with van der Waals surface area (Å²) >= 11 is 1.65. The lowest BCUT2D eigenvalue weighted by molar-refractivity contribution is -0.131. The van der Waals surface area contributed by atoms with Gasteiger partial charge in [0.2, 0.25) is 5.91 Å². The Hall–Kier alpha value is -2.53. The van der Waals surface area contributed by atoms with Crippen molar-refractivity contribution in [1.82, 2.24) is 14.9 Å². The van der Waals surface area contributed by atoms with Crippen molar-refractivity contribution in [2.24, 2.45) is 0 Å². The average Bonchev–Trinajstić information content (AvgIpc) is 3.21. The van der Waals surface area contributed by atoms with Crippen molar-refractivity contribution in [1.29, 1.82) is 0 Å². The van der Waals surface area contributed by atoms with Crippen LogP contribution in [-0.4, -0.2) is 33.9 Å². The molecule has 0 radical (unpaired) electrons. The van der Waals surface area contributed by atoms with E-state index >= 15 is 0 Å². The highest BCUT2D eigenvalue weighted by Gasteiger charge is 2.26. The van der Waals surface area contributed by atoms with Crippen molar-refractivity contribution in [3.05, 3.63) is 70.2 Å². The third kappa shape index (κ3) is 4.25. The van der Waals surface area contributed by atoms with Crippen LogP contribution >= 0.6 is 11.3 Å². The molecular formula is C22H23N3OS. The maximum Gasteiger partial charge on any atom is 0.227 e. The van der Waals surface area contributed by atoms with Crippen molar-refractivity contribution < 1.29 is 4.79 Å². The molecule has 4 nitrogen and oxygen atoms in total. The summed E-state index contributed by atoms with van der Waals surface area (Å²) in [5, 5.41) is 2.02. The number of likely N-dealkylation sites (tertiary alicyclic amines) is 1. The first-order chi connectivity index (χ1) is 13.2. The number of rotatable bonds is 4. The number of amides is 1. The summed E-state index contributed by atoms with van der Waals surface area (Å²) in [4.78, 5) is 25.1. The van der Waals surface area contributed by atoms with Gasteiger partial charge >= 0.3 is 0 Å². The second-order valence-corrected chi connectivity index (χ2v) is 8.14. The van der Waals surface area contributed by atoms with Gasteiger partial charge in [-0.3, -0.25) is 4.79 Å². The van der Waals surface area contributed by atoms with Crippen LogP contribution in [0.1, 0.15) is 34.9 Å². The van der Waals surface area contributed by atoms with Crippen LogP contribution in [0.15, 0.2) is 54.0 Å². The average molecular weight is 378 g/mol. The molecule has 1 fully saturated rings. The molecule has 1 amide bonds. The molecule has 3 aromatic rings. The van der Waals surface area contributed by atoms with Crippen LogP contribution in [-0.2, 0) is 11.2 Å². The third-order valence-electron chi connectivity index (χ3n) is 5.05. The second-order valence-electron chi connectivity index (χ2n) is 7.11. The van der Waals surface area contributed by atoms with Crippen molar-refractivity contribution >= 4 is 17.2 Å². The molecule has 4 rings (SSSR count). The largest absolute Gasteiger partial charge is 0.342 e. The van der Waals surface area contributed by atoms with Crippen LogP contribution < -0.4 is 0 Å². The molecule has 27 heavy (non-hydrogen) atoms. The SMILES string of the molecule is Cc1cccc(-c2nccc([C@H]3CCCN(C(=O)Cc4cccs4)C3)n2)c1. The highest BCUT2D eigenvalue weighted by atomic mass is 32.1. The number of carbonyl (C=O) groups excluding carboxylic acids is 1. The summed E-state index contributed by atoms with van der Waals surface area (Å²) in [6.07, 6.45) is 4.42. The molecular weight excluding hydrogens is 354 g/mol. The van der Waals surface area contributed by atoms with Gasteiger partial charge in [0, 0.05) is 41.3 Å². The Kier molecular flexibility index (Phi) is 5.30. The minimum absolute atomic E-state index is 0.218. The molecule has 1 aliphatic heterocycles. The summed E-state index contributed by atoms with van der Waals surface area (Å²) in [6.45, 7) is 3.66. The summed E-state index contributed by atoms with van der Waals surface area (Å²) in [5.74, 6) is 1.26. The van der Waals surface area contributed by atoms with Gasteiger partial charge in [-0.1, -0.05) is 29.8 Å². The Morgan fingerprint density at radius 1 is 1.26 bits per heavy atom. The van der Waals surface area contributed by atoms with Crippen molar-refractivity contribution in [2.45, 2.75) is 32.1 Å². The lowest BCUT2D eigenvalue weighted by Crippen LogP contribution is -2.40. The summed E-state index contributed by atoms with van der Waals surface area (Å²) in [5.41, 5.74) is 3.28. The third-order valence-corrected chi connectivity index (χ3v) is 5.93. The zero-order valence-electron chi connectivity index (χ0n) is 15.5. The number of piperidine rings is 1. The van der Waals surface area contributed by atoms with E-state index in [4.69, 9.17) is 4.98 Å². The van der Waals surface area contributed by atoms with Gasteiger partial charge in [-0.2, -0.15) is 0 Å². The monoisotopic (exact) mass is 377 g/mol. The van der Waals surface area contributed by atoms with E-state index in [-0.39, 0.29) is 11.8 Å². The molecule has 1 saturated heterocycles. The van der Waals surface area contributed by atoms with Gasteiger partial charge in [0.25, 0.3) is 0 Å². The number of nitrogens with zero attached hydrogens (tertiary/aromatic N) is 3. The van der Waals surface area contributed by atoms with Crippen molar-refractivity contribution in [2.75, 3.05) is 13.1 Å². The highest BCUT2D eigenvalue weighted by Crippen LogP contribution is 2.27. The first kappa shape index (κ1) is 17.9. The van der Waals surface area contributed by atoms with Gasteiger partial charge in [0.15, 0.2) is 5.82 Å². The van der Waals surface area contributed by atoms with E-state index in [0.717, 1.165) is 47.9 Å². The zero-order valence-corrected chi connectivity index (χ0v) is 16.3. The molecule has 0 aliphatic carbocycles. The quantitative estimate of drug-likeness (QED) is 0.674. The van der Waals surface area contributed by atoms with Crippen LogP contribution in [0.5, 0.6) is 0 Å². The second kappa shape index (κ2) is 8.01. The Labute approximate surface area is 163 Å². The maximum absolute atomic E-state index is 12.7. The topological polar surface area (TPSA) is 46.1 Å². The summed E-state index contributed by atoms with van der Waals surface area (Å²) in [6, 6.07) is 14.3. The van der Waals surface area contributed by atoms with Crippen molar-refractivity contribution in [3.8, 4) is 11.4 Å². The zero-order chi connectivity index (χ0) is 18.6. The predicted octanol–water partition coefficient (Wildman–Crippen LogP) is 4.46. The number of hydrogen-bond acceptors (Lipinski definition) is 4. The molecule has 5 heteroatoms. The van der Waals surface area contributed by atoms with E-state index in [1.807, 2.05) is 46.8 Å². The molecule has 3 heterocycles.